The lowest BCUT2D eigenvalue weighted by Gasteiger charge is -2.22. The minimum atomic E-state index is 0. The number of pyridine rings is 1. The van der Waals surface area contributed by atoms with E-state index < -0.39 is 0 Å². The minimum absolute atomic E-state index is 0. The predicted molar refractivity (Wildman–Crippen MR) is 126 cm³/mol. The molecule has 2 heterocycles. The van der Waals surface area contributed by atoms with Crippen molar-refractivity contribution in [3.05, 3.63) is 54.2 Å². The molecule has 1 aromatic carbocycles. The van der Waals surface area contributed by atoms with Gasteiger partial charge in [0.25, 0.3) is 0 Å². The monoisotopic (exact) mass is 495 g/mol. The molecule has 0 atom stereocenters. The summed E-state index contributed by atoms with van der Waals surface area (Å²) in [5, 5.41) is 3.43. The molecule has 7 heteroatoms. The number of hydrogen-bond acceptors (Lipinski definition) is 4. The van der Waals surface area contributed by atoms with E-state index in [0.717, 1.165) is 43.7 Å². The number of aromatic nitrogens is 1. The van der Waals surface area contributed by atoms with Crippen LogP contribution in [0.2, 0.25) is 0 Å². The van der Waals surface area contributed by atoms with Crippen molar-refractivity contribution in [2.45, 2.75) is 19.4 Å². The van der Waals surface area contributed by atoms with Gasteiger partial charge in [0, 0.05) is 39.9 Å². The molecule has 28 heavy (non-hydrogen) atoms. The van der Waals surface area contributed by atoms with Crippen molar-refractivity contribution in [2.24, 2.45) is 4.99 Å². The van der Waals surface area contributed by atoms with Crippen molar-refractivity contribution < 1.29 is 4.74 Å². The third-order valence-electron chi connectivity index (χ3n) is 4.70. The average molecular weight is 495 g/mol. The maximum atomic E-state index is 5.77. The molecule has 0 radical (unpaired) electrons. The van der Waals surface area contributed by atoms with Gasteiger partial charge in [0.05, 0.1) is 6.54 Å². The molecule has 0 unspecified atom stereocenters. The fourth-order valence-corrected chi connectivity index (χ4v) is 3.18. The van der Waals surface area contributed by atoms with Gasteiger partial charge in [-0.3, -0.25) is 4.99 Å². The summed E-state index contributed by atoms with van der Waals surface area (Å²) >= 11 is 0. The number of ether oxygens (including phenoxy) is 1. The number of likely N-dealkylation sites (N-methyl/N-ethyl adjacent to an activating group) is 1. The van der Waals surface area contributed by atoms with Crippen molar-refractivity contribution >= 4 is 35.8 Å². The third-order valence-corrected chi connectivity index (χ3v) is 4.70. The lowest BCUT2D eigenvalue weighted by atomic mass is 10.2. The first kappa shape index (κ1) is 22.3. The Morgan fingerprint density at radius 2 is 1.96 bits per heavy atom. The summed E-state index contributed by atoms with van der Waals surface area (Å²) in [6.45, 7) is 4.30. The number of benzene rings is 1. The maximum absolute atomic E-state index is 5.77. The van der Waals surface area contributed by atoms with Crippen LogP contribution in [0, 0.1) is 0 Å². The molecule has 1 N–H and O–H groups in total. The van der Waals surface area contributed by atoms with E-state index in [2.05, 4.69) is 37.2 Å². The Balaban J connectivity index is 0.00000280. The van der Waals surface area contributed by atoms with Gasteiger partial charge in [-0.15, -0.1) is 24.0 Å². The topological polar surface area (TPSA) is 53.0 Å². The zero-order valence-corrected chi connectivity index (χ0v) is 19.0. The van der Waals surface area contributed by atoms with Gasteiger partial charge in [0.1, 0.15) is 18.2 Å². The van der Waals surface area contributed by atoms with Gasteiger partial charge in [-0.05, 0) is 42.7 Å². The Labute approximate surface area is 185 Å². The van der Waals surface area contributed by atoms with Crippen LogP contribution >= 0.6 is 24.0 Å². The number of rotatable bonds is 7. The van der Waals surface area contributed by atoms with Crippen LogP contribution in [0.1, 0.15) is 18.4 Å². The highest BCUT2D eigenvalue weighted by atomic mass is 127. The number of para-hydroxylation sites is 1. The number of halogens is 1. The van der Waals surface area contributed by atoms with Gasteiger partial charge in [0.2, 0.25) is 0 Å². The molecule has 1 saturated heterocycles. The smallest absolute Gasteiger partial charge is 0.193 e. The van der Waals surface area contributed by atoms with Crippen molar-refractivity contribution in [3.8, 4) is 5.75 Å². The molecule has 0 saturated carbocycles. The molecule has 2 aromatic rings. The van der Waals surface area contributed by atoms with Crippen LogP contribution in [0.4, 0.5) is 5.82 Å². The number of guanidine groups is 1. The van der Waals surface area contributed by atoms with E-state index in [1.165, 1.54) is 18.4 Å². The van der Waals surface area contributed by atoms with Crippen LogP contribution in [-0.2, 0) is 6.54 Å². The van der Waals surface area contributed by atoms with E-state index in [0.29, 0.717) is 6.61 Å². The third kappa shape index (κ3) is 6.54. The van der Waals surface area contributed by atoms with Crippen LogP contribution in [0.5, 0.6) is 5.75 Å². The highest BCUT2D eigenvalue weighted by Crippen LogP contribution is 2.18. The van der Waals surface area contributed by atoms with Crippen molar-refractivity contribution in [2.75, 3.05) is 45.2 Å². The van der Waals surface area contributed by atoms with Gasteiger partial charge >= 0.3 is 0 Å². The number of aliphatic imine (C=N–C) groups is 1. The van der Waals surface area contributed by atoms with E-state index in [1.54, 1.807) is 7.05 Å². The van der Waals surface area contributed by atoms with Gasteiger partial charge in [0.15, 0.2) is 5.96 Å². The largest absolute Gasteiger partial charge is 0.492 e. The van der Waals surface area contributed by atoms with E-state index in [4.69, 9.17) is 4.74 Å². The molecule has 152 valence electrons. The van der Waals surface area contributed by atoms with Crippen molar-refractivity contribution in [1.82, 2.24) is 15.2 Å². The van der Waals surface area contributed by atoms with Crippen molar-refractivity contribution in [3.63, 3.8) is 0 Å². The summed E-state index contributed by atoms with van der Waals surface area (Å²) in [7, 11) is 3.82. The lowest BCUT2D eigenvalue weighted by molar-refractivity contribution is 0.281. The SMILES string of the molecule is CN=C(NCc1ccnc(N2CCCC2)c1)N(C)CCOc1ccccc1.I. The molecular formula is C21H30IN5O. The Bertz CT molecular complexity index is 735. The average Bonchev–Trinajstić information content (AvgIpc) is 3.24. The van der Waals surface area contributed by atoms with Crippen LogP contribution in [-0.4, -0.2) is 56.2 Å². The summed E-state index contributed by atoms with van der Waals surface area (Å²) in [6.07, 6.45) is 4.41. The lowest BCUT2D eigenvalue weighted by Crippen LogP contribution is -2.40. The quantitative estimate of drug-likeness (QED) is 0.363. The second-order valence-electron chi connectivity index (χ2n) is 6.70. The van der Waals surface area contributed by atoms with Gasteiger partial charge < -0.3 is 19.9 Å². The number of anilines is 1. The molecule has 1 fully saturated rings. The van der Waals surface area contributed by atoms with Gasteiger partial charge in [-0.1, -0.05) is 18.2 Å². The summed E-state index contributed by atoms with van der Waals surface area (Å²) in [5.74, 6) is 2.82. The van der Waals surface area contributed by atoms with E-state index >= 15 is 0 Å². The summed E-state index contributed by atoms with van der Waals surface area (Å²) in [4.78, 5) is 13.3. The molecule has 3 rings (SSSR count). The highest BCUT2D eigenvalue weighted by molar-refractivity contribution is 14.0. The fourth-order valence-electron chi connectivity index (χ4n) is 3.18. The molecule has 1 aliphatic heterocycles. The summed E-state index contributed by atoms with van der Waals surface area (Å²) in [5.41, 5.74) is 1.21. The first-order valence-corrected chi connectivity index (χ1v) is 9.56. The number of hydrogen-bond donors (Lipinski definition) is 1. The normalized spacial score (nSPS) is 13.8. The Morgan fingerprint density at radius 3 is 2.68 bits per heavy atom. The zero-order chi connectivity index (χ0) is 18.9. The predicted octanol–water partition coefficient (Wildman–Crippen LogP) is 3.39. The van der Waals surface area contributed by atoms with Gasteiger partial charge in [-0.2, -0.15) is 0 Å². The number of nitrogens with one attached hydrogen (secondary N) is 1. The molecule has 0 bridgehead atoms. The molecule has 0 aliphatic carbocycles. The van der Waals surface area contributed by atoms with E-state index in [9.17, 15) is 0 Å². The number of nitrogens with zero attached hydrogens (tertiary/aromatic N) is 4. The zero-order valence-electron chi connectivity index (χ0n) is 16.7. The van der Waals surface area contributed by atoms with E-state index in [-0.39, 0.29) is 24.0 Å². The molecule has 1 aliphatic rings. The minimum Gasteiger partial charge on any atom is -0.492 e. The first-order chi connectivity index (χ1) is 13.3. The van der Waals surface area contributed by atoms with Gasteiger partial charge in [-0.25, -0.2) is 4.98 Å². The first-order valence-electron chi connectivity index (χ1n) is 9.56. The molecule has 0 amide bonds. The maximum Gasteiger partial charge on any atom is 0.193 e. The van der Waals surface area contributed by atoms with Crippen LogP contribution < -0.4 is 15.0 Å². The molecular weight excluding hydrogens is 465 g/mol. The van der Waals surface area contributed by atoms with Crippen LogP contribution in [0.3, 0.4) is 0 Å². The second-order valence-corrected chi connectivity index (χ2v) is 6.70. The molecule has 1 aromatic heterocycles. The van der Waals surface area contributed by atoms with Crippen LogP contribution in [0.25, 0.3) is 0 Å². The summed E-state index contributed by atoms with van der Waals surface area (Å²) in [6, 6.07) is 14.1. The Hall–Kier alpha value is -2.03. The second kappa shape index (κ2) is 11.7. The van der Waals surface area contributed by atoms with Crippen molar-refractivity contribution in [1.29, 1.82) is 0 Å². The highest BCUT2D eigenvalue weighted by Gasteiger charge is 2.14. The standard InChI is InChI=1S/C21H29N5O.HI/c1-22-21(25(2)14-15-27-19-8-4-3-5-9-19)24-17-18-10-11-23-20(16-18)26-12-6-7-13-26;/h3-5,8-11,16H,6-7,12-15,17H2,1-2H3,(H,22,24);1H. The molecule has 0 spiro atoms. The van der Waals surface area contributed by atoms with Crippen LogP contribution in [0.15, 0.2) is 53.7 Å². The molecule has 6 nitrogen and oxygen atoms in total. The van der Waals surface area contributed by atoms with E-state index in [1.807, 2.05) is 43.6 Å². The summed E-state index contributed by atoms with van der Waals surface area (Å²) < 4.78 is 5.77. The Kier molecular flexibility index (Phi) is 9.33. The fraction of sp³-hybridized carbons (Fsp3) is 0.429. The Morgan fingerprint density at radius 1 is 1.21 bits per heavy atom.